The van der Waals surface area contributed by atoms with Gasteiger partial charge in [-0.25, -0.2) is 0 Å². The van der Waals surface area contributed by atoms with Crippen LogP contribution in [-0.4, -0.2) is 63.0 Å². The van der Waals surface area contributed by atoms with Crippen LogP contribution in [0.25, 0.3) is 0 Å². The van der Waals surface area contributed by atoms with Crippen molar-refractivity contribution < 1.29 is 14.3 Å². The number of hydrogen-bond acceptors (Lipinski definition) is 6. The number of amides is 2. The Morgan fingerprint density at radius 2 is 2.00 bits per heavy atom. The minimum absolute atomic E-state index is 0.135. The number of primary amides is 1. The van der Waals surface area contributed by atoms with Crippen molar-refractivity contribution in [3.63, 3.8) is 0 Å². The van der Waals surface area contributed by atoms with Crippen LogP contribution < -0.4 is 5.73 Å². The lowest BCUT2D eigenvalue weighted by Crippen LogP contribution is -2.36. The predicted octanol–water partition coefficient (Wildman–Crippen LogP) is 0.980. The van der Waals surface area contributed by atoms with Gasteiger partial charge in [0.05, 0.1) is 18.4 Å². The van der Waals surface area contributed by atoms with Crippen LogP contribution in [0.5, 0.6) is 0 Å². The summed E-state index contributed by atoms with van der Waals surface area (Å²) in [6, 6.07) is 0. The highest BCUT2D eigenvalue weighted by atomic mass is 32.2. The Morgan fingerprint density at radius 1 is 1.19 bits per heavy atom. The van der Waals surface area contributed by atoms with Crippen LogP contribution in [0.4, 0.5) is 0 Å². The molecule has 1 aromatic heterocycles. The van der Waals surface area contributed by atoms with Gasteiger partial charge in [0.15, 0.2) is 5.16 Å². The van der Waals surface area contributed by atoms with Gasteiger partial charge in [-0.1, -0.05) is 11.8 Å². The number of nitrogens with two attached hydrogens (primary N) is 1. The lowest BCUT2D eigenvalue weighted by molar-refractivity contribution is -0.129. The van der Waals surface area contributed by atoms with Gasteiger partial charge in [-0.15, -0.1) is 10.2 Å². The molecule has 0 spiro atoms. The summed E-state index contributed by atoms with van der Waals surface area (Å²) in [7, 11) is 0. The van der Waals surface area contributed by atoms with Crippen molar-refractivity contribution in [2.45, 2.75) is 62.8 Å². The van der Waals surface area contributed by atoms with Gasteiger partial charge in [-0.05, 0) is 32.1 Å². The summed E-state index contributed by atoms with van der Waals surface area (Å²) in [4.78, 5) is 25.5. The van der Waals surface area contributed by atoms with Gasteiger partial charge < -0.3 is 19.9 Å². The first-order valence-corrected chi connectivity index (χ1v) is 10.3. The van der Waals surface area contributed by atoms with Gasteiger partial charge >= 0.3 is 0 Å². The molecule has 1 aromatic rings. The summed E-state index contributed by atoms with van der Waals surface area (Å²) in [5.74, 6) is 0.887. The molecule has 2 saturated heterocycles. The SMILES string of the molecule is NC(=O)CCc1nnc(SCC(=O)N2CCCCC2)n1C[C@@H]1CCCO1. The number of hydrogen-bond donors (Lipinski definition) is 1. The van der Waals surface area contributed by atoms with E-state index in [1.165, 1.54) is 18.2 Å². The molecule has 2 N–H and O–H groups in total. The summed E-state index contributed by atoms with van der Waals surface area (Å²) in [6.45, 7) is 3.14. The second-order valence-electron chi connectivity index (χ2n) is 6.84. The summed E-state index contributed by atoms with van der Waals surface area (Å²) >= 11 is 1.41. The van der Waals surface area contributed by atoms with Crippen molar-refractivity contribution >= 4 is 23.6 Å². The van der Waals surface area contributed by atoms with Gasteiger partial charge in [-0.2, -0.15) is 0 Å². The molecule has 0 unspecified atom stereocenters. The Kier molecular flexibility index (Phi) is 6.90. The second kappa shape index (κ2) is 9.36. The molecule has 8 nitrogen and oxygen atoms in total. The molecule has 0 aromatic carbocycles. The number of nitrogens with zero attached hydrogens (tertiary/aromatic N) is 4. The first kappa shape index (κ1) is 19.2. The Balaban J connectivity index is 1.64. The van der Waals surface area contributed by atoms with Gasteiger partial charge in [-0.3, -0.25) is 9.59 Å². The van der Waals surface area contributed by atoms with Crippen LogP contribution in [-0.2, 0) is 27.3 Å². The van der Waals surface area contributed by atoms with Crippen LogP contribution in [0, 0.1) is 0 Å². The topological polar surface area (TPSA) is 103 Å². The zero-order chi connectivity index (χ0) is 18.4. The normalized spacial score (nSPS) is 20.5. The number of piperidine rings is 1. The van der Waals surface area contributed by atoms with Crippen LogP contribution in [0.3, 0.4) is 0 Å². The highest BCUT2D eigenvalue weighted by Crippen LogP contribution is 2.23. The third-order valence-corrected chi connectivity index (χ3v) is 5.78. The van der Waals surface area contributed by atoms with Crippen LogP contribution in [0.1, 0.15) is 44.3 Å². The zero-order valence-corrected chi connectivity index (χ0v) is 15.9. The van der Waals surface area contributed by atoms with Crippen molar-refractivity contribution in [2.75, 3.05) is 25.4 Å². The fourth-order valence-electron chi connectivity index (χ4n) is 3.38. The first-order valence-electron chi connectivity index (χ1n) is 9.36. The maximum Gasteiger partial charge on any atom is 0.233 e. The molecule has 9 heteroatoms. The molecule has 2 aliphatic heterocycles. The lowest BCUT2D eigenvalue weighted by atomic mass is 10.1. The fraction of sp³-hybridized carbons (Fsp3) is 0.765. The monoisotopic (exact) mass is 381 g/mol. The van der Waals surface area contributed by atoms with E-state index in [1.807, 2.05) is 9.47 Å². The van der Waals surface area contributed by atoms with Gasteiger partial charge in [0.25, 0.3) is 0 Å². The van der Waals surface area contributed by atoms with Gasteiger partial charge in [0, 0.05) is 32.5 Å². The van der Waals surface area contributed by atoms with E-state index in [0.717, 1.165) is 51.2 Å². The molecule has 2 fully saturated rings. The molecule has 3 rings (SSSR count). The van der Waals surface area contributed by atoms with E-state index in [9.17, 15) is 9.59 Å². The number of likely N-dealkylation sites (tertiary alicyclic amines) is 1. The van der Waals surface area contributed by atoms with Crippen LogP contribution in [0.15, 0.2) is 5.16 Å². The fourth-order valence-corrected chi connectivity index (χ4v) is 4.25. The third-order valence-electron chi connectivity index (χ3n) is 4.83. The second-order valence-corrected chi connectivity index (χ2v) is 7.78. The van der Waals surface area contributed by atoms with Crippen molar-refractivity contribution in [1.29, 1.82) is 0 Å². The van der Waals surface area contributed by atoms with E-state index in [2.05, 4.69) is 10.2 Å². The molecular weight excluding hydrogens is 354 g/mol. The minimum Gasteiger partial charge on any atom is -0.376 e. The Bertz CT molecular complexity index is 624. The maximum atomic E-state index is 12.4. The minimum atomic E-state index is -0.355. The molecule has 0 radical (unpaired) electrons. The molecule has 0 saturated carbocycles. The molecule has 2 aliphatic rings. The van der Waals surface area contributed by atoms with E-state index in [-0.39, 0.29) is 24.3 Å². The molecule has 2 amide bonds. The Hall–Kier alpha value is -1.61. The number of aromatic nitrogens is 3. The van der Waals surface area contributed by atoms with E-state index in [1.54, 1.807) is 0 Å². The van der Waals surface area contributed by atoms with Gasteiger partial charge in [0.1, 0.15) is 5.82 Å². The Labute approximate surface area is 157 Å². The lowest BCUT2D eigenvalue weighted by Gasteiger charge is -2.26. The smallest absolute Gasteiger partial charge is 0.233 e. The molecular formula is C17H27N5O3S. The van der Waals surface area contributed by atoms with Crippen molar-refractivity contribution in [2.24, 2.45) is 5.73 Å². The van der Waals surface area contributed by atoms with E-state index in [4.69, 9.17) is 10.5 Å². The third kappa shape index (κ3) is 5.20. The van der Waals surface area contributed by atoms with Crippen LogP contribution in [0.2, 0.25) is 0 Å². The van der Waals surface area contributed by atoms with Crippen molar-refractivity contribution in [1.82, 2.24) is 19.7 Å². The highest BCUT2D eigenvalue weighted by molar-refractivity contribution is 7.99. The summed E-state index contributed by atoms with van der Waals surface area (Å²) in [6.07, 6.45) is 6.26. The van der Waals surface area contributed by atoms with Crippen LogP contribution >= 0.6 is 11.8 Å². The maximum absolute atomic E-state index is 12.4. The quantitative estimate of drug-likeness (QED) is 0.673. The molecule has 144 valence electrons. The number of rotatable bonds is 8. The number of thioether (sulfide) groups is 1. The number of ether oxygens (including phenoxy) is 1. The summed E-state index contributed by atoms with van der Waals surface area (Å²) < 4.78 is 7.72. The van der Waals surface area contributed by atoms with E-state index in [0.29, 0.717) is 23.9 Å². The van der Waals surface area contributed by atoms with E-state index < -0.39 is 0 Å². The number of carbonyl (C=O) groups excluding carboxylic acids is 2. The Morgan fingerprint density at radius 3 is 2.69 bits per heavy atom. The molecule has 26 heavy (non-hydrogen) atoms. The standard InChI is InChI=1S/C17H27N5O3S/c18-14(23)6-7-15-19-20-17(22(15)11-13-5-4-10-25-13)26-12-16(24)21-8-2-1-3-9-21/h13H,1-12H2,(H2,18,23)/t13-/m0/s1. The summed E-state index contributed by atoms with van der Waals surface area (Å²) in [5, 5.41) is 9.19. The number of aryl methyl sites for hydroxylation is 1. The van der Waals surface area contributed by atoms with Crippen molar-refractivity contribution in [3.05, 3.63) is 5.82 Å². The molecule has 1 atom stereocenters. The van der Waals surface area contributed by atoms with Crippen molar-refractivity contribution in [3.8, 4) is 0 Å². The number of carbonyl (C=O) groups is 2. The van der Waals surface area contributed by atoms with Gasteiger partial charge in [0.2, 0.25) is 11.8 Å². The zero-order valence-electron chi connectivity index (χ0n) is 15.1. The van der Waals surface area contributed by atoms with E-state index >= 15 is 0 Å². The first-order chi connectivity index (χ1) is 12.6. The average Bonchev–Trinajstić information content (AvgIpc) is 3.29. The largest absolute Gasteiger partial charge is 0.376 e. The molecule has 3 heterocycles. The highest BCUT2D eigenvalue weighted by Gasteiger charge is 2.23. The predicted molar refractivity (Wildman–Crippen MR) is 97.7 cm³/mol. The summed E-state index contributed by atoms with van der Waals surface area (Å²) in [5.41, 5.74) is 5.27. The molecule has 0 bridgehead atoms. The average molecular weight is 382 g/mol. The molecule has 0 aliphatic carbocycles.